The van der Waals surface area contributed by atoms with Gasteiger partial charge in [0.15, 0.2) is 5.82 Å². The van der Waals surface area contributed by atoms with Crippen LogP contribution in [-0.2, 0) is 0 Å². The summed E-state index contributed by atoms with van der Waals surface area (Å²) in [6, 6.07) is 5.42. The molecule has 0 radical (unpaired) electrons. The molecule has 1 aromatic carbocycles. The third-order valence-corrected chi connectivity index (χ3v) is 4.77. The molecule has 1 fully saturated rings. The van der Waals surface area contributed by atoms with E-state index in [1.165, 1.54) is 25.7 Å². The SMILES string of the molecule is Oc1cc(-c2nc(C3CCCCCC3)no2)ccc1I. The van der Waals surface area contributed by atoms with Crippen LogP contribution < -0.4 is 0 Å². The molecule has 1 aromatic heterocycles. The first-order valence-corrected chi connectivity index (χ1v) is 8.14. The first kappa shape index (κ1) is 13.9. The summed E-state index contributed by atoms with van der Waals surface area (Å²) in [6.07, 6.45) is 7.42. The first-order chi connectivity index (χ1) is 9.74. The molecule has 0 spiro atoms. The molecule has 0 amide bonds. The second-order valence-electron chi connectivity index (χ2n) is 5.31. The van der Waals surface area contributed by atoms with Crippen molar-refractivity contribution in [3.8, 4) is 17.2 Å². The fourth-order valence-corrected chi connectivity index (χ4v) is 3.04. The van der Waals surface area contributed by atoms with Crippen molar-refractivity contribution in [2.75, 3.05) is 0 Å². The van der Waals surface area contributed by atoms with Crippen LogP contribution in [0.1, 0.15) is 50.3 Å². The molecule has 0 unspecified atom stereocenters. The second-order valence-corrected chi connectivity index (χ2v) is 6.47. The van der Waals surface area contributed by atoms with Gasteiger partial charge in [-0.3, -0.25) is 0 Å². The van der Waals surface area contributed by atoms with Crippen molar-refractivity contribution in [3.05, 3.63) is 27.6 Å². The molecule has 1 N–H and O–H groups in total. The van der Waals surface area contributed by atoms with E-state index in [-0.39, 0.29) is 5.75 Å². The zero-order valence-electron chi connectivity index (χ0n) is 11.2. The predicted octanol–water partition coefficient (Wildman–Crippen LogP) is 4.48. The van der Waals surface area contributed by atoms with Gasteiger partial charge < -0.3 is 9.63 Å². The summed E-state index contributed by atoms with van der Waals surface area (Å²) >= 11 is 2.09. The summed E-state index contributed by atoms with van der Waals surface area (Å²) in [6.45, 7) is 0. The summed E-state index contributed by atoms with van der Waals surface area (Å²) in [5.74, 6) is 1.99. The largest absolute Gasteiger partial charge is 0.507 e. The molecule has 0 aliphatic heterocycles. The van der Waals surface area contributed by atoms with Gasteiger partial charge in [0.05, 0.1) is 3.57 Å². The van der Waals surface area contributed by atoms with Crippen molar-refractivity contribution in [3.63, 3.8) is 0 Å². The average molecular weight is 384 g/mol. The number of nitrogens with zero attached hydrogens (tertiary/aromatic N) is 2. The zero-order chi connectivity index (χ0) is 13.9. The minimum absolute atomic E-state index is 0.248. The van der Waals surface area contributed by atoms with Crippen LogP contribution in [0.2, 0.25) is 0 Å². The number of phenols is 1. The van der Waals surface area contributed by atoms with Crippen LogP contribution in [0.4, 0.5) is 0 Å². The highest BCUT2D eigenvalue weighted by molar-refractivity contribution is 14.1. The second kappa shape index (κ2) is 6.11. The molecule has 0 saturated heterocycles. The van der Waals surface area contributed by atoms with Crippen molar-refractivity contribution < 1.29 is 9.63 Å². The lowest BCUT2D eigenvalue weighted by atomic mass is 10.00. The molecular weight excluding hydrogens is 367 g/mol. The smallest absolute Gasteiger partial charge is 0.258 e. The van der Waals surface area contributed by atoms with E-state index in [1.54, 1.807) is 6.07 Å². The van der Waals surface area contributed by atoms with E-state index in [1.807, 2.05) is 12.1 Å². The van der Waals surface area contributed by atoms with Gasteiger partial charge in [-0.2, -0.15) is 4.98 Å². The monoisotopic (exact) mass is 384 g/mol. The topological polar surface area (TPSA) is 59.2 Å². The highest BCUT2D eigenvalue weighted by atomic mass is 127. The lowest BCUT2D eigenvalue weighted by Crippen LogP contribution is -1.99. The average Bonchev–Trinajstić information content (AvgIpc) is 2.78. The van der Waals surface area contributed by atoms with Crippen LogP contribution >= 0.6 is 22.6 Å². The van der Waals surface area contributed by atoms with E-state index in [2.05, 4.69) is 32.7 Å². The normalized spacial score (nSPS) is 17.1. The van der Waals surface area contributed by atoms with Gasteiger partial charge in [0.25, 0.3) is 5.89 Å². The molecule has 0 atom stereocenters. The molecule has 2 aromatic rings. The predicted molar refractivity (Wildman–Crippen MR) is 84.6 cm³/mol. The highest BCUT2D eigenvalue weighted by Crippen LogP contribution is 2.32. The van der Waals surface area contributed by atoms with Crippen LogP contribution in [0.3, 0.4) is 0 Å². The zero-order valence-corrected chi connectivity index (χ0v) is 13.3. The van der Waals surface area contributed by atoms with Crippen LogP contribution in [-0.4, -0.2) is 15.2 Å². The van der Waals surface area contributed by atoms with Crippen molar-refractivity contribution >= 4 is 22.6 Å². The number of benzene rings is 1. The number of phenolic OH excluding ortho intramolecular Hbond substituents is 1. The quantitative estimate of drug-likeness (QED) is 0.613. The lowest BCUT2D eigenvalue weighted by Gasteiger charge is -2.07. The number of aromatic nitrogens is 2. The van der Waals surface area contributed by atoms with E-state index in [0.29, 0.717) is 11.8 Å². The Balaban J connectivity index is 1.83. The molecule has 1 heterocycles. The number of hydrogen-bond acceptors (Lipinski definition) is 4. The Morgan fingerprint density at radius 1 is 1.15 bits per heavy atom. The standard InChI is InChI=1S/C15H17IN2O2/c16-12-8-7-11(9-13(12)19)15-17-14(18-20-15)10-5-3-1-2-4-6-10/h7-10,19H,1-6H2. The Hall–Kier alpha value is -1.11. The number of hydrogen-bond donors (Lipinski definition) is 1. The van der Waals surface area contributed by atoms with E-state index >= 15 is 0 Å². The number of halogens is 1. The Morgan fingerprint density at radius 3 is 2.60 bits per heavy atom. The molecule has 4 nitrogen and oxygen atoms in total. The Labute approximate surface area is 131 Å². The minimum atomic E-state index is 0.248. The Morgan fingerprint density at radius 2 is 1.90 bits per heavy atom. The lowest BCUT2D eigenvalue weighted by molar-refractivity contribution is 0.409. The van der Waals surface area contributed by atoms with Gasteiger partial charge in [-0.25, -0.2) is 0 Å². The van der Waals surface area contributed by atoms with Gasteiger partial charge in [0.1, 0.15) is 5.75 Å². The van der Waals surface area contributed by atoms with Crippen molar-refractivity contribution in [1.82, 2.24) is 10.1 Å². The summed E-state index contributed by atoms with van der Waals surface area (Å²) in [7, 11) is 0. The molecular formula is C15H17IN2O2. The fourth-order valence-electron chi connectivity index (χ4n) is 2.70. The summed E-state index contributed by atoms with van der Waals surface area (Å²) < 4.78 is 6.18. The minimum Gasteiger partial charge on any atom is -0.507 e. The van der Waals surface area contributed by atoms with Crippen LogP contribution in [0.5, 0.6) is 5.75 Å². The number of aromatic hydroxyl groups is 1. The van der Waals surface area contributed by atoms with Crippen molar-refractivity contribution in [2.45, 2.75) is 44.4 Å². The molecule has 3 rings (SSSR count). The molecule has 1 aliphatic rings. The maximum Gasteiger partial charge on any atom is 0.258 e. The molecule has 20 heavy (non-hydrogen) atoms. The number of rotatable bonds is 2. The van der Waals surface area contributed by atoms with E-state index < -0.39 is 0 Å². The van der Waals surface area contributed by atoms with Gasteiger partial charge in [0.2, 0.25) is 0 Å². The van der Waals surface area contributed by atoms with Crippen molar-refractivity contribution in [2.24, 2.45) is 0 Å². The maximum atomic E-state index is 9.76. The van der Waals surface area contributed by atoms with Gasteiger partial charge in [0, 0.05) is 11.5 Å². The summed E-state index contributed by atoms with van der Waals surface area (Å²) in [4.78, 5) is 4.53. The molecule has 1 aliphatic carbocycles. The molecule has 106 valence electrons. The molecule has 0 bridgehead atoms. The van der Waals surface area contributed by atoms with Gasteiger partial charge in [-0.15, -0.1) is 0 Å². The van der Waals surface area contributed by atoms with Gasteiger partial charge in [-0.05, 0) is 53.6 Å². The van der Waals surface area contributed by atoms with E-state index in [0.717, 1.165) is 27.8 Å². The third-order valence-electron chi connectivity index (χ3n) is 3.86. The summed E-state index contributed by atoms with van der Waals surface area (Å²) in [5, 5.41) is 13.9. The van der Waals surface area contributed by atoms with Crippen LogP contribution in [0.15, 0.2) is 22.7 Å². The van der Waals surface area contributed by atoms with E-state index in [4.69, 9.17) is 4.52 Å². The van der Waals surface area contributed by atoms with E-state index in [9.17, 15) is 5.11 Å². The first-order valence-electron chi connectivity index (χ1n) is 7.06. The summed E-state index contributed by atoms with van der Waals surface area (Å²) in [5.41, 5.74) is 0.773. The van der Waals surface area contributed by atoms with Crippen LogP contribution in [0, 0.1) is 3.57 Å². The third kappa shape index (κ3) is 2.97. The van der Waals surface area contributed by atoms with Gasteiger partial charge in [-0.1, -0.05) is 30.8 Å². The Bertz CT molecular complexity index is 589. The Kier molecular flexibility index (Phi) is 4.24. The fraction of sp³-hybridized carbons (Fsp3) is 0.467. The highest BCUT2D eigenvalue weighted by Gasteiger charge is 2.20. The van der Waals surface area contributed by atoms with Crippen LogP contribution in [0.25, 0.3) is 11.5 Å². The molecule has 1 saturated carbocycles. The maximum absolute atomic E-state index is 9.76. The van der Waals surface area contributed by atoms with Gasteiger partial charge >= 0.3 is 0 Å². The van der Waals surface area contributed by atoms with Crippen molar-refractivity contribution in [1.29, 1.82) is 0 Å². The molecule has 5 heteroatoms.